The van der Waals surface area contributed by atoms with Crippen LogP contribution in [-0.4, -0.2) is 27.2 Å². The van der Waals surface area contributed by atoms with Crippen molar-refractivity contribution in [3.05, 3.63) is 64.0 Å². The van der Waals surface area contributed by atoms with Gasteiger partial charge in [0.25, 0.3) is 5.91 Å². The molecule has 0 saturated heterocycles. The number of nitro groups is 1. The number of hydrogen-bond acceptors (Lipinski definition) is 4. The molecule has 0 spiro atoms. The zero-order valence-corrected chi connectivity index (χ0v) is 12.0. The Bertz CT molecular complexity index is 620. The van der Waals surface area contributed by atoms with E-state index in [2.05, 4.69) is 5.10 Å². The fraction of sp³-hybridized carbons (Fsp3) is 0.333. The van der Waals surface area contributed by atoms with E-state index >= 15 is 0 Å². The number of carbonyl (C=O) groups excluding carboxylic acids is 1. The van der Waals surface area contributed by atoms with E-state index in [4.69, 9.17) is 0 Å². The van der Waals surface area contributed by atoms with Gasteiger partial charge in [-0.1, -0.05) is 36.8 Å². The number of aryl methyl sites for hydroxylation is 1. The predicted octanol–water partition coefficient (Wildman–Crippen LogP) is 2.53. The van der Waals surface area contributed by atoms with Gasteiger partial charge in [-0.05, 0) is 18.6 Å². The maximum Gasteiger partial charge on any atom is 0.254 e. The molecular formula is C15H17N3O3. The third-order valence-electron chi connectivity index (χ3n) is 3.44. The molecule has 6 nitrogen and oxygen atoms in total. The molecular weight excluding hydrogens is 270 g/mol. The molecule has 0 fully saturated rings. The van der Waals surface area contributed by atoms with Crippen molar-refractivity contribution >= 4 is 5.91 Å². The molecule has 6 heteroatoms. The van der Waals surface area contributed by atoms with Gasteiger partial charge in [0.2, 0.25) is 6.54 Å². The van der Waals surface area contributed by atoms with Gasteiger partial charge in [-0.3, -0.25) is 14.9 Å². The van der Waals surface area contributed by atoms with Crippen LogP contribution in [0, 0.1) is 23.0 Å². The number of hydrogen-bond donors (Lipinski definition) is 0. The smallest absolute Gasteiger partial charge is 0.254 e. The average molecular weight is 287 g/mol. The van der Waals surface area contributed by atoms with Crippen molar-refractivity contribution in [3.8, 4) is 0 Å². The van der Waals surface area contributed by atoms with E-state index in [1.165, 1.54) is 10.9 Å². The first-order chi connectivity index (χ1) is 9.99. The van der Waals surface area contributed by atoms with Gasteiger partial charge < -0.3 is 0 Å². The maximum atomic E-state index is 12.6. The van der Waals surface area contributed by atoms with Crippen LogP contribution in [0.5, 0.6) is 0 Å². The van der Waals surface area contributed by atoms with Crippen molar-refractivity contribution in [1.82, 2.24) is 9.78 Å². The van der Waals surface area contributed by atoms with Crippen LogP contribution in [-0.2, 0) is 0 Å². The minimum Gasteiger partial charge on any atom is -0.272 e. The van der Waals surface area contributed by atoms with Gasteiger partial charge in [0.1, 0.15) is 0 Å². The molecule has 2 unspecified atom stereocenters. The second-order valence-electron chi connectivity index (χ2n) is 5.17. The molecule has 0 aliphatic heterocycles. The minimum absolute atomic E-state index is 0.252. The van der Waals surface area contributed by atoms with E-state index in [1.54, 1.807) is 19.2 Å². The molecule has 1 aromatic carbocycles. The van der Waals surface area contributed by atoms with Crippen LogP contribution in [0.1, 0.15) is 28.8 Å². The topological polar surface area (TPSA) is 78.0 Å². The number of carbonyl (C=O) groups is 1. The summed E-state index contributed by atoms with van der Waals surface area (Å²) in [5.74, 6) is -1.26. The minimum atomic E-state index is -0.587. The highest BCUT2D eigenvalue weighted by atomic mass is 16.6. The summed E-state index contributed by atoms with van der Waals surface area (Å²) in [7, 11) is 0. The molecule has 0 aliphatic carbocycles. The van der Waals surface area contributed by atoms with Gasteiger partial charge in [-0.15, -0.1) is 0 Å². The Balaban J connectivity index is 2.36. The predicted molar refractivity (Wildman–Crippen MR) is 77.8 cm³/mol. The van der Waals surface area contributed by atoms with Gasteiger partial charge in [0.15, 0.2) is 0 Å². The van der Waals surface area contributed by atoms with E-state index in [-0.39, 0.29) is 17.4 Å². The van der Waals surface area contributed by atoms with E-state index in [0.717, 1.165) is 11.1 Å². The van der Waals surface area contributed by atoms with Crippen molar-refractivity contribution in [2.24, 2.45) is 5.92 Å². The molecule has 0 saturated carbocycles. The highest BCUT2D eigenvalue weighted by Gasteiger charge is 2.31. The van der Waals surface area contributed by atoms with Crippen LogP contribution in [0.25, 0.3) is 0 Å². The molecule has 0 radical (unpaired) electrons. The van der Waals surface area contributed by atoms with Gasteiger partial charge in [0, 0.05) is 23.2 Å². The normalized spacial score (nSPS) is 13.6. The molecule has 1 heterocycles. The van der Waals surface area contributed by atoms with Gasteiger partial charge in [0.05, 0.1) is 5.92 Å². The fourth-order valence-electron chi connectivity index (χ4n) is 2.37. The van der Waals surface area contributed by atoms with Crippen molar-refractivity contribution in [2.75, 3.05) is 6.54 Å². The Kier molecular flexibility index (Phi) is 4.47. The van der Waals surface area contributed by atoms with Gasteiger partial charge >= 0.3 is 0 Å². The zero-order valence-electron chi connectivity index (χ0n) is 12.0. The van der Waals surface area contributed by atoms with E-state index < -0.39 is 11.8 Å². The van der Waals surface area contributed by atoms with Gasteiger partial charge in [-0.2, -0.15) is 5.10 Å². The van der Waals surface area contributed by atoms with Crippen molar-refractivity contribution in [1.29, 1.82) is 0 Å². The first kappa shape index (κ1) is 14.9. The highest BCUT2D eigenvalue weighted by Crippen LogP contribution is 2.27. The van der Waals surface area contributed by atoms with Crippen molar-refractivity contribution in [2.45, 2.75) is 19.8 Å². The first-order valence-corrected chi connectivity index (χ1v) is 6.71. The molecule has 0 N–H and O–H groups in total. The number of aromatic nitrogens is 2. The maximum absolute atomic E-state index is 12.6. The Morgan fingerprint density at radius 3 is 2.57 bits per heavy atom. The zero-order chi connectivity index (χ0) is 15.4. The second-order valence-corrected chi connectivity index (χ2v) is 5.17. The number of nitrogens with zero attached hydrogens (tertiary/aromatic N) is 3. The van der Waals surface area contributed by atoms with Crippen LogP contribution >= 0.6 is 0 Å². The first-order valence-electron chi connectivity index (χ1n) is 6.71. The summed E-state index contributed by atoms with van der Waals surface area (Å²) >= 11 is 0. The summed E-state index contributed by atoms with van der Waals surface area (Å²) in [6.07, 6.45) is 3.07. The lowest BCUT2D eigenvalue weighted by molar-refractivity contribution is -0.487. The van der Waals surface area contributed by atoms with Crippen LogP contribution in [0.4, 0.5) is 0 Å². The largest absolute Gasteiger partial charge is 0.272 e. The molecule has 1 aromatic heterocycles. The second kappa shape index (κ2) is 6.30. The lowest BCUT2D eigenvalue weighted by atomic mass is 9.86. The SMILES string of the molecule is Cc1ccc(C(C(=O)n2cccn2)C(C)C[N+](=O)[O-])cc1. The lowest BCUT2D eigenvalue weighted by Crippen LogP contribution is -2.29. The summed E-state index contributed by atoms with van der Waals surface area (Å²) in [5, 5.41) is 14.7. The van der Waals surface area contributed by atoms with E-state index in [9.17, 15) is 14.9 Å². The van der Waals surface area contributed by atoms with Crippen molar-refractivity contribution < 1.29 is 9.72 Å². The lowest BCUT2D eigenvalue weighted by Gasteiger charge is -2.20. The summed E-state index contributed by atoms with van der Waals surface area (Å²) in [5.41, 5.74) is 1.85. The van der Waals surface area contributed by atoms with Crippen LogP contribution in [0.3, 0.4) is 0 Å². The third kappa shape index (κ3) is 3.53. The molecule has 2 rings (SSSR count). The Morgan fingerprint density at radius 1 is 1.38 bits per heavy atom. The van der Waals surface area contributed by atoms with E-state index in [0.29, 0.717) is 0 Å². The number of benzene rings is 1. The molecule has 0 bridgehead atoms. The molecule has 2 aromatic rings. The monoisotopic (exact) mass is 287 g/mol. The quantitative estimate of drug-likeness (QED) is 0.625. The van der Waals surface area contributed by atoms with Gasteiger partial charge in [-0.25, -0.2) is 4.68 Å². The summed E-state index contributed by atoms with van der Waals surface area (Å²) in [6, 6.07) is 9.15. The Labute approximate surface area is 122 Å². The van der Waals surface area contributed by atoms with E-state index in [1.807, 2.05) is 31.2 Å². The van der Waals surface area contributed by atoms with Crippen LogP contribution < -0.4 is 0 Å². The molecule has 2 atom stereocenters. The van der Waals surface area contributed by atoms with Crippen LogP contribution in [0.2, 0.25) is 0 Å². The molecule has 110 valence electrons. The highest BCUT2D eigenvalue weighted by molar-refractivity contribution is 5.85. The molecule has 0 amide bonds. The van der Waals surface area contributed by atoms with Crippen LogP contribution in [0.15, 0.2) is 42.7 Å². The summed E-state index contributed by atoms with van der Waals surface area (Å²) < 4.78 is 1.24. The number of rotatable bonds is 5. The Hall–Kier alpha value is -2.50. The average Bonchev–Trinajstić information content (AvgIpc) is 2.94. The summed E-state index contributed by atoms with van der Waals surface area (Å²) in [4.78, 5) is 23.0. The fourth-order valence-corrected chi connectivity index (χ4v) is 2.37. The van der Waals surface area contributed by atoms with Crippen molar-refractivity contribution in [3.63, 3.8) is 0 Å². The summed E-state index contributed by atoms with van der Waals surface area (Å²) in [6.45, 7) is 3.41. The molecule has 21 heavy (non-hydrogen) atoms. The standard InChI is InChI=1S/C15H17N3O3/c1-11-4-6-13(7-5-11)14(12(2)10-18(20)21)15(19)17-9-3-8-16-17/h3-9,12,14H,10H2,1-2H3. The molecule has 0 aliphatic rings. The Morgan fingerprint density at radius 2 is 2.05 bits per heavy atom. The third-order valence-corrected chi connectivity index (χ3v) is 3.44.